The lowest BCUT2D eigenvalue weighted by molar-refractivity contribution is -0.158. The summed E-state index contributed by atoms with van der Waals surface area (Å²) in [4.78, 5) is 0. The van der Waals surface area contributed by atoms with E-state index in [1.807, 2.05) is 13.8 Å². The summed E-state index contributed by atoms with van der Waals surface area (Å²) < 4.78 is 11.4. The first kappa shape index (κ1) is 11.0. The Bertz CT molecular complexity index is 165. The van der Waals surface area contributed by atoms with Gasteiger partial charge in [-0.1, -0.05) is 26.2 Å². The molecule has 1 atom stereocenters. The summed E-state index contributed by atoms with van der Waals surface area (Å²) in [7, 11) is 0. The maximum Gasteiger partial charge on any atom is 0.163 e. The molecule has 0 radical (unpaired) electrons. The fourth-order valence-electron chi connectivity index (χ4n) is 1.85. The molecule has 0 spiro atoms. The molecule has 0 bridgehead atoms. The second-order valence-corrected chi connectivity index (χ2v) is 4.70. The van der Waals surface area contributed by atoms with Crippen molar-refractivity contribution in [2.24, 2.45) is 0 Å². The molecule has 0 amide bonds. The largest absolute Gasteiger partial charge is 0.348 e. The maximum atomic E-state index is 5.86. The predicted molar refractivity (Wildman–Crippen MR) is 53.7 cm³/mol. The minimum absolute atomic E-state index is 0.0430. The van der Waals surface area contributed by atoms with Crippen LogP contribution in [0.15, 0.2) is 0 Å². The van der Waals surface area contributed by atoms with Crippen molar-refractivity contribution in [2.45, 2.75) is 64.8 Å². The Labute approximate surface area is 81.6 Å². The van der Waals surface area contributed by atoms with E-state index in [0.29, 0.717) is 0 Å². The normalized spacial score (nSPS) is 32.3. The molecule has 0 aromatic rings. The second kappa shape index (κ2) is 3.97. The molecule has 1 fully saturated rings. The van der Waals surface area contributed by atoms with Crippen LogP contribution < -0.4 is 0 Å². The van der Waals surface area contributed by atoms with Crippen molar-refractivity contribution in [1.82, 2.24) is 0 Å². The highest BCUT2D eigenvalue weighted by molar-refractivity contribution is 4.83. The van der Waals surface area contributed by atoms with E-state index in [1.165, 1.54) is 19.3 Å². The summed E-state index contributed by atoms with van der Waals surface area (Å²) in [6.07, 6.45) is 4.91. The minimum Gasteiger partial charge on any atom is -0.348 e. The molecule has 1 aliphatic heterocycles. The summed E-state index contributed by atoms with van der Waals surface area (Å²) in [6, 6.07) is 0. The molecule has 0 aliphatic carbocycles. The molecule has 2 heteroatoms. The highest BCUT2D eigenvalue weighted by atomic mass is 16.7. The number of hydrogen-bond donors (Lipinski definition) is 0. The van der Waals surface area contributed by atoms with E-state index >= 15 is 0 Å². The molecule has 1 saturated heterocycles. The van der Waals surface area contributed by atoms with Gasteiger partial charge in [-0.15, -0.1) is 0 Å². The quantitative estimate of drug-likeness (QED) is 0.628. The molecule has 78 valence electrons. The third-order valence-electron chi connectivity index (χ3n) is 2.53. The van der Waals surface area contributed by atoms with Crippen LogP contribution in [-0.4, -0.2) is 18.0 Å². The molecule has 1 unspecified atom stereocenters. The molecular weight excluding hydrogens is 164 g/mol. The molecule has 2 nitrogen and oxygen atoms in total. The zero-order chi connectivity index (χ0) is 9.95. The van der Waals surface area contributed by atoms with E-state index in [1.54, 1.807) is 0 Å². The minimum atomic E-state index is -0.374. The fraction of sp³-hybridized carbons (Fsp3) is 1.00. The van der Waals surface area contributed by atoms with Crippen LogP contribution in [0.25, 0.3) is 0 Å². The standard InChI is InChI=1S/C11H22O2/c1-5-6-7-8-11(4)9-12-10(2,3)13-11/h5-9H2,1-4H3. The van der Waals surface area contributed by atoms with E-state index < -0.39 is 0 Å². The third kappa shape index (κ3) is 3.28. The molecular formula is C11H22O2. The van der Waals surface area contributed by atoms with E-state index in [9.17, 15) is 0 Å². The summed E-state index contributed by atoms with van der Waals surface area (Å²) in [5.74, 6) is -0.374. The van der Waals surface area contributed by atoms with Gasteiger partial charge >= 0.3 is 0 Å². The molecule has 1 heterocycles. The third-order valence-corrected chi connectivity index (χ3v) is 2.53. The van der Waals surface area contributed by atoms with Crippen LogP contribution in [0.2, 0.25) is 0 Å². The Hall–Kier alpha value is -0.0800. The van der Waals surface area contributed by atoms with Gasteiger partial charge in [0.1, 0.15) is 0 Å². The number of hydrogen-bond acceptors (Lipinski definition) is 2. The average Bonchev–Trinajstić information content (AvgIpc) is 2.27. The van der Waals surface area contributed by atoms with Crippen LogP contribution in [-0.2, 0) is 9.47 Å². The zero-order valence-corrected chi connectivity index (χ0v) is 9.35. The Balaban J connectivity index is 2.32. The Morgan fingerprint density at radius 2 is 1.85 bits per heavy atom. The van der Waals surface area contributed by atoms with Crippen molar-refractivity contribution in [3.05, 3.63) is 0 Å². The second-order valence-electron chi connectivity index (χ2n) is 4.70. The number of rotatable bonds is 4. The van der Waals surface area contributed by atoms with Gasteiger partial charge in [-0.3, -0.25) is 0 Å². The van der Waals surface area contributed by atoms with Gasteiger partial charge in [0.2, 0.25) is 0 Å². The van der Waals surface area contributed by atoms with Gasteiger partial charge in [0.05, 0.1) is 12.2 Å². The predicted octanol–water partition coefficient (Wildman–Crippen LogP) is 3.11. The van der Waals surface area contributed by atoms with Gasteiger partial charge in [-0.2, -0.15) is 0 Å². The van der Waals surface area contributed by atoms with Crippen molar-refractivity contribution in [1.29, 1.82) is 0 Å². The lowest BCUT2D eigenvalue weighted by Crippen LogP contribution is -2.30. The van der Waals surface area contributed by atoms with E-state index in [0.717, 1.165) is 13.0 Å². The number of ether oxygens (including phenoxy) is 2. The van der Waals surface area contributed by atoms with Gasteiger partial charge in [-0.05, 0) is 27.2 Å². The van der Waals surface area contributed by atoms with Crippen molar-refractivity contribution < 1.29 is 9.47 Å². The van der Waals surface area contributed by atoms with Crippen molar-refractivity contribution in [3.63, 3.8) is 0 Å². The van der Waals surface area contributed by atoms with Crippen LogP contribution in [0.1, 0.15) is 53.4 Å². The van der Waals surface area contributed by atoms with Crippen LogP contribution in [0.4, 0.5) is 0 Å². The molecule has 0 aromatic carbocycles. The van der Waals surface area contributed by atoms with Crippen LogP contribution in [0.3, 0.4) is 0 Å². The smallest absolute Gasteiger partial charge is 0.163 e. The Morgan fingerprint density at radius 3 is 2.31 bits per heavy atom. The van der Waals surface area contributed by atoms with E-state index in [-0.39, 0.29) is 11.4 Å². The van der Waals surface area contributed by atoms with Crippen molar-refractivity contribution >= 4 is 0 Å². The first-order valence-electron chi connectivity index (χ1n) is 5.32. The molecule has 0 N–H and O–H groups in total. The maximum absolute atomic E-state index is 5.86. The highest BCUT2D eigenvalue weighted by Gasteiger charge is 2.41. The topological polar surface area (TPSA) is 18.5 Å². The molecule has 1 rings (SSSR count). The average molecular weight is 186 g/mol. The van der Waals surface area contributed by atoms with Crippen molar-refractivity contribution in [3.8, 4) is 0 Å². The summed E-state index contributed by atoms with van der Waals surface area (Å²) in [5.41, 5.74) is -0.0430. The Kier molecular flexibility index (Phi) is 3.36. The van der Waals surface area contributed by atoms with Crippen molar-refractivity contribution in [2.75, 3.05) is 6.61 Å². The van der Waals surface area contributed by atoms with E-state index in [4.69, 9.17) is 9.47 Å². The Morgan fingerprint density at radius 1 is 1.15 bits per heavy atom. The van der Waals surface area contributed by atoms with Gasteiger partial charge in [-0.25, -0.2) is 0 Å². The summed E-state index contributed by atoms with van der Waals surface area (Å²) in [6.45, 7) is 9.08. The first-order chi connectivity index (χ1) is 5.97. The number of unbranched alkanes of at least 4 members (excludes halogenated alkanes) is 2. The van der Waals surface area contributed by atoms with Crippen LogP contribution in [0, 0.1) is 0 Å². The summed E-state index contributed by atoms with van der Waals surface area (Å²) >= 11 is 0. The van der Waals surface area contributed by atoms with E-state index in [2.05, 4.69) is 13.8 Å². The van der Waals surface area contributed by atoms with Gasteiger partial charge in [0.15, 0.2) is 5.79 Å². The fourth-order valence-corrected chi connectivity index (χ4v) is 1.85. The monoisotopic (exact) mass is 186 g/mol. The molecule has 13 heavy (non-hydrogen) atoms. The first-order valence-corrected chi connectivity index (χ1v) is 5.32. The molecule has 0 saturated carbocycles. The van der Waals surface area contributed by atoms with Crippen LogP contribution >= 0.6 is 0 Å². The lowest BCUT2D eigenvalue weighted by atomic mass is 9.99. The zero-order valence-electron chi connectivity index (χ0n) is 9.35. The van der Waals surface area contributed by atoms with Crippen LogP contribution in [0.5, 0.6) is 0 Å². The molecule has 1 aliphatic rings. The van der Waals surface area contributed by atoms with Gasteiger partial charge in [0.25, 0.3) is 0 Å². The SMILES string of the molecule is CCCCCC1(C)COC(C)(C)O1. The summed E-state index contributed by atoms with van der Waals surface area (Å²) in [5, 5.41) is 0. The lowest BCUT2D eigenvalue weighted by Gasteiger charge is -2.24. The van der Waals surface area contributed by atoms with Gasteiger partial charge < -0.3 is 9.47 Å². The molecule has 0 aromatic heterocycles. The highest BCUT2D eigenvalue weighted by Crippen LogP contribution is 2.34. The van der Waals surface area contributed by atoms with Gasteiger partial charge in [0, 0.05) is 0 Å².